The van der Waals surface area contributed by atoms with E-state index >= 15 is 8.78 Å². The quantitative estimate of drug-likeness (QED) is 0.180. The number of imidazole rings is 1. The van der Waals surface area contributed by atoms with E-state index in [0.29, 0.717) is 54.4 Å². The van der Waals surface area contributed by atoms with Crippen LogP contribution in [0.15, 0.2) is 66.7 Å². The maximum absolute atomic E-state index is 15.6. The van der Waals surface area contributed by atoms with E-state index in [1.165, 1.54) is 24.3 Å². The highest BCUT2D eigenvalue weighted by atomic mass is 19.1. The summed E-state index contributed by atoms with van der Waals surface area (Å²) < 4.78 is 64.2. The molecule has 7 rings (SSSR count). The number of ether oxygens (including phenoxy) is 3. The largest absolute Gasteiger partial charge is 0.478 e. The smallest absolute Gasteiger partial charge is 0.335 e. The second kappa shape index (κ2) is 12.8. The van der Waals surface area contributed by atoms with Gasteiger partial charge in [0.05, 0.1) is 53.6 Å². The maximum atomic E-state index is 15.6. The zero-order chi connectivity index (χ0) is 33.4. The Kier molecular flexibility index (Phi) is 8.37. The normalized spacial score (nSPS) is 16.5. The van der Waals surface area contributed by atoms with Crippen LogP contribution in [0.1, 0.15) is 46.2 Å². The minimum Gasteiger partial charge on any atom is -0.478 e. The summed E-state index contributed by atoms with van der Waals surface area (Å²) in [7, 11) is 0. The highest BCUT2D eigenvalue weighted by molar-refractivity contribution is 5.92. The number of nitrogens with zero attached hydrogens (tertiary/aromatic N) is 3. The van der Waals surface area contributed by atoms with E-state index < -0.39 is 23.4 Å². The fraction of sp³-hybridized carbons (Fsp3) is 0.270. The molecular weight excluding hydrogens is 623 g/mol. The van der Waals surface area contributed by atoms with Gasteiger partial charge in [-0.05, 0) is 67.4 Å². The van der Waals surface area contributed by atoms with Gasteiger partial charge in [0.1, 0.15) is 29.9 Å². The molecule has 0 saturated carbocycles. The summed E-state index contributed by atoms with van der Waals surface area (Å²) in [4.78, 5) is 20.6. The van der Waals surface area contributed by atoms with Crippen LogP contribution in [0.5, 0.6) is 5.88 Å². The first-order valence-electron chi connectivity index (χ1n) is 15.5. The van der Waals surface area contributed by atoms with Crippen LogP contribution in [0.2, 0.25) is 0 Å². The molecule has 1 N–H and O–H groups in total. The Bertz CT molecular complexity index is 2110. The lowest BCUT2D eigenvalue weighted by Gasteiger charge is -2.32. The van der Waals surface area contributed by atoms with Crippen molar-refractivity contribution in [1.82, 2.24) is 14.5 Å². The van der Waals surface area contributed by atoms with E-state index in [1.54, 1.807) is 30.3 Å². The number of benzene rings is 3. The first-order valence-corrected chi connectivity index (χ1v) is 15.5. The van der Waals surface area contributed by atoms with Crippen LogP contribution >= 0.6 is 0 Å². The molecule has 0 spiro atoms. The predicted octanol–water partition coefficient (Wildman–Crippen LogP) is 6.56. The third-order valence-electron chi connectivity index (χ3n) is 8.52. The summed E-state index contributed by atoms with van der Waals surface area (Å²) >= 11 is 0. The van der Waals surface area contributed by atoms with Gasteiger partial charge >= 0.3 is 5.97 Å². The molecule has 48 heavy (non-hydrogen) atoms. The molecule has 5 aromatic rings. The zero-order valence-corrected chi connectivity index (χ0v) is 25.9. The van der Waals surface area contributed by atoms with Crippen LogP contribution in [0.25, 0.3) is 22.3 Å². The summed E-state index contributed by atoms with van der Waals surface area (Å²) in [6, 6.07) is 16.1. The fourth-order valence-electron chi connectivity index (χ4n) is 5.61. The van der Waals surface area contributed by atoms with Crippen LogP contribution < -0.4 is 4.74 Å². The van der Waals surface area contributed by atoms with Gasteiger partial charge in [0.25, 0.3) is 0 Å². The Morgan fingerprint density at radius 3 is 2.54 bits per heavy atom. The zero-order valence-electron chi connectivity index (χ0n) is 25.9. The van der Waals surface area contributed by atoms with Crippen molar-refractivity contribution < 1.29 is 37.3 Å². The van der Waals surface area contributed by atoms with Gasteiger partial charge in [0, 0.05) is 35.8 Å². The SMILES string of the molecule is CC1(C#Cc2ccc(COc3cccc(-c4cc(F)c(Cc5nc6ccc(C(=O)O)cc6n5C[C@@H]5CCO5)cc4F)n3)c(F)c2)COC1. The molecule has 11 heteroatoms. The summed E-state index contributed by atoms with van der Waals surface area (Å²) in [5.74, 6) is 3.77. The van der Waals surface area contributed by atoms with E-state index in [-0.39, 0.29) is 52.8 Å². The number of aromatic carboxylic acids is 1. The molecule has 0 amide bonds. The third kappa shape index (κ3) is 6.50. The predicted molar refractivity (Wildman–Crippen MR) is 170 cm³/mol. The molecule has 4 heterocycles. The minimum absolute atomic E-state index is 0.0346. The molecule has 1 atom stereocenters. The van der Waals surface area contributed by atoms with Crippen LogP contribution in [0, 0.1) is 34.7 Å². The first-order chi connectivity index (χ1) is 23.1. The standard InChI is InChI=1S/C37H30F3N3O5/c1-37(20-46-21-37)11-9-22-5-6-24(28(38)13-22)19-48-35-4-2-3-31(42-35)27-17-29(39)25(14-30(27)40)16-34-41-32-8-7-23(36(44)45)15-33(32)43(34)18-26-10-12-47-26/h2-8,13-15,17,26H,10,12,16,18-21H2,1H3,(H,44,45)/t26-/m0/s1. The summed E-state index contributed by atoms with van der Waals surface area (Å²) in [5, 5.41) is 9.49. The minimum atomic E-state index is -1.07. The summed E-state index contributed by atoms with van der Waals surface area (Å²) in [6.45, 7) is 4.01. The molecule has 2 fully saturated rings. The topological polar surface area (TPSA) is 95.7 Å². The Hall–Kier alpha value is -5.18. The van der Waals surface area contributed by atoms with Gasteiger partial charge < -0.3 is 23.9 Å². The number of aromatic nitrogens is 3. The molecule has 0 unspecified atom stereocenters. The average molecular weight is 654 g/mol. The van der Waals surface area contributed by atoms with Crippen molar-refractivity contribution in [3.8, 4) is 29.0 Å². The van der Waals surface area contributed by atoms with Crippen molar-refractivity contribution in [2.24, 2.45) is 5.41 Å². The van der Waals surface area contributed by atoms with Gasteiger partial charge in [-0.2, -0.15) is 0 Å². The maximum Gasteiger partial charge on any atom is 0.335 e. The van der Waals surface area contributed by atoms with Crippen LogP contribution in [-0.2, 0) is 29.0 Å². The molecule has 3 aromatic carbocycles. The van der Waals surface area contributed by atoms with Crippen LogP contribution in [-0.4, -0.2) is 51.5 Å². The van der Waals surface area contributed by atoms with Gasteiger partial charge in [-0.3, -0.25) is 0 Å². The Morgan fingerprint density at radius 2 is 1.83 bits per heavy atom. The van der Waals surface area contributed by atoms with E-state index in [0.717, 1.165) is 18.6 Å². The number of hydrogen-bond acceptors (Lipinski definition) is 6. The molecule has 2 aromatic heterocycles. The number of rotatable bonds is 9. The van der Waals surface area contributed by atoms with Crippen LogP contribution in [0.4, 0.5) is 13.2 Å². The third-order valence-corrected chi connectivity index (χ3v) is 8.52. The molecule has 8 nitrogen and oxygen atoms in total. The Morgan fingerprint density at radius 1 is 1.02 bits per heavy atom. The highest BCUT2D eigenvalue weighted by Crippen LogP contribution is 2.29. The molecule has 2 aliphatic heterocycles. The monoisotopic (exact) mass is 653 g/mol. The van der Waals surface area contributed by atoms with Crippen molar-refractivity contribution in [2.75, 3.05) is 19.8 Å². The van der Waals surface area contributed by atoms with Gasteiger partial charge in [-0.25, -0.2) is 27.9 Å². The molecule has 244 valence electrons. The first kappa shape index (κ1) is 31.4. The number of fused-ring (bicyclic) bond motifs is 1. The number of hydrogen-bond donors (Lipinski definition) is 1. The van der Waals surface area contributed by atoms with Crippen LogP contribution in [0.3, 0.4) is 0 Å². The van der Waals surface area contributed by atoms with Crippen molar-refractivity contribution >= 4 is 17.0 Å². The second-order valence-corrected chi connectivity index (χ2v) is 12.3. The summed E-state index contributed by atoms with van der Waals surface area (Å²) in [5.41, 5.74) is 2.01. The van der Waals surface area contributed by atoms with E-state index in [2.05, 4.69) is 21.8 Å². The Balaban J connectivity index is 1.09. The Labute approximate surface area is 274 Å². The number of halogens is 3. The number of carboxylic acids is 1. The van der Waals surface area contributed by atoms with Crippen molar-refractivity contribution in [2.45, 2.75) is 39.0 Å². The summed E-state index contributed by atoms with van der Waals surface area (Å²) in [6.07, 6.45) is 0.718. The highest BCUT2D eigenvalue weighted by Gasteiger charge is 2.31. The molecule has 0 radical (unpaired) electrons. The molecule has 0 bridgehead atoms. The van der Waals surface area contributed by atoms with Gasteiger partial charge in [-0.1, -0.05) is 24.0 Å². The lowest BCUT2D eigenvalue weighted by atomic mass is 9.89. The molecule has 2 aliphatic rings. The fourth-order valence-corrected chi connectivity index (χ4v) is 5.61. The lowest BCUT2D eigenvalue weighted by Crippen LogP contribution is -2.38. The second-order valence-electron chi connectivity index (χ2n) is 12.3. The van der Waals surface area contributed by atoms with Crippen molar-refractivity contribution in [3.63, 3.8) is 0 Å². The van der Waals surface area contributed by atoms with E-state index in [9.17, 15) is 14.3 Å². The number of carbonyl (C=O) groups is 1. The van der Waals surface area contributed by atoms with E-state index in [1.807, 2.05) is 11.5 Å². The number of carboxylic acid groups (broad SMARTS) is 1. The van der Waals surface area contributed by atoms with Gasteiger partial charge in [0.15, 0.2) is 0 Å². The van der Waals surface area contributed by atoms with Gasteiger partial charge in [0.2, 0.25) is 5.88 Å². The molecule has 0 aliphatic carbocycles. The van der Waals surface area contributed by atoms with Crippen molar-refractivity contribution in [3.05, 3.63) is 112 Å². The van der Waals surface area contributed by atoms with Crippen molar-refractivity contribution in [1.29, 1.82) is 0 Å². The molecule has 2 saturated heterocycles. The molecular formula is C37H30F3N3O5. The lowest BCUT2D eigenvalue weighted by molar-refractivity contribution is -0.0648. The average Bonchev–Trinajstić information content (AvgIpc) is 3.37. The van der Waals surface area contributed by atoms with E-state index in [4.69, 9.17) is 14.2 Å². The van der Waals surface area contributed by atoms with Gasteiger partial charge in [-0.15, -0.1) is 0 Å². The number of pyridine rings is 1.